The molecule has 3 nitrogen and oxygen atoms in total. The molecule has 1 aromatic rings. The van der Waals surface area contributed by atoms with Crippen LogP contribution >= 0.6 is 0 Å². The van der Waals surface area contributed by atoms with E-state index in [0.717, 1.165) is 12.8 Å². The van der Waals surface area contributed by atoms with Gasteiger partial charge in [-0.2, -0.15) is 0 Å². The lowest BCUT2D eigenvalue weighted by molar-refractivity contribution is -0.120. The van der Waals surface area contributed by atoms with Crippen molar-refractivity contribution < 1.29 is 9.18 Å². The van der Waals surface area contributed by atoms with Crippen LogP contribution in [0.3, 0.4) is 0 Å². The number of anilines is 1. The Bertz CT molecular complexity index is 420. The summed E-state index contributed by atoms with van der Waals surface area (Å²) < 4.78 is 13.8. The Balaban J connectivity index is 2.09. The van der Waals surface area contributed by atoms with Crippen LogP contribution in [0.1, 0.15) is 24.8 Å². The van der Waals surface area contributed by atoms with Crippen molar-refractivity contribution in [3.8, 4) is 0 Å². The maximum Gasteiger partial charge on any atom is 0.222 e. The van der Waals surface area contributed by atoms with Crippen LogP contribution in [-0.4, -0.2) is 18.5 Å². The first-order chi connectivity index (χ1) is 8.16. The summed E-state index contributed by atoms with van der Waals surface area (Å²) in [6, 6.07) is 5.29. The van der Waals surface area contributed by atoms with E-state index >= 15 is 0 Å². The van der Waals surface area contributed by atoms with Gasteiger partial charge in [0.05, 0.1) is 5.69 Å². The molecule has 0 aliphatic carbocycles. The monoisotopic (exact) mass is 236 g/mol. The summed E-state index contributed by atoms with van der Waals surface area (Å²) in [6.07, 6.45) is 2.22. The molecule has 1 aromatic carbocycles. The Morgan fingerprint density at radius 1 is 1.47 bits per heavy atom. The molecule has 1 saturated heterocycles. The molecule has 2 rings (SSSR count). The van der Waals surface area contributed by atoms with E-state index in [2.05, 4.69) is 10.6 Å². The Hall–Kier alpha value is -1.58. The van der Waals surface area contributed by atoms with Gasteiger partial charge in [0.1, 0.15) is 5.82 Å². The molecule has 1 aliphatic heterocycles. The maximum atomic E-state index is 13.8. The van der Waals surface area contributed by atoms with Gasteiger partial charge in [-0.15, -0.1) is 0 Å². The Kier molecular flexibility index (Phi) is 3.61. The Labute approximate surface area is 100 Å². The van der Waals surface area contributed by atoms with Gasteiger partial charge in [0.25, 0.3) is 0 Å². The van der Waals surface area contributed by atoms with Crippen molar-refractivity contribution in [3.63, 3.8) is 0 Å². The second kappa shape index (κ2) is 5.17. The van der Waals surface area contributed by atoms with E-state index in [9.17, 15) is 9.18 Å². The molecule has 4 heteroatoms. The van der Waals surface area contributed by atoms with E-state index in [-0.39, 0.29) is 17.8 Å². The van der Waals surface area contributed by atoms with Crippen LogP contribution in [0.25, 0.3) is 0 Å². The molecular weight excluding hydrogens is 219 g/mol. The highest BCUT2D eigenvalue weighted by atomic mass is 19.1. The molecule has 1 heterocycles. The quantitative estimate of drug-likeness (QED) is 0.826. The molecule has 0 spiro atoms. The van der Waals surface area contributed by atoms with Crippen LogP contribution in [0.15, 0.2) is 18.2 Å². The maximum absolute atomic E-state index is 13.8. The van der Waals surface area contributed by atoms with Crippen molar-refractivity contribution in [1.29, 1.82) is 0 Å². The minimum Gasteiger partial charge on any atom is -0.379 e. The van der Waals surface area contributed by atoms with E-state index in [1.54, 1.807) is 19.1 Å². The SMILES string of the molecule is Cc1cccc(NC2CCCNC(=O)C2)c1F. The van der Waals surface area contributed by atoms with E-state index in [0.29, 0.717) is 24.2 Å². The Morgan fingerprint density at radius 2 is 2.29 bits per heavy atom. The predicted molar refractivity (Wildman–Crippen MR) is 65.4 cm³/mol. The summed E-state index contributed by atoms with van der Waals surface area (Å²) >= 11 is 0. The normalized spacial score (nSPS) is 20.6. The standard InChI is InChI=1S/C13H17FN2O/c1-9-4-2-6-11(13(9)14)16-10-5-3-7-15-12(17)8-10/h2,4,6,10,16H,3,5,7-8H2,1H3,(H,15,17). The molecule has 1 amide bonds. The summed E-state index contributed by atoms with van der Waals surface area (Å²) in [6.45, 7) is 2.45. The van der Waals surface area contributed by atoms with Crippen molar-refractivity contribution in [3.05, 3.63) is 29.6 Å². The highest BCUT2D eigenvalue weighted by Crippen LogP contribution is 2.20. The second-order valence-corrected chi connectivity index (χ2v) is 4.47. The van der Waals surface area contributed by atoms with Crippen molar-refractivity contribution in [2.24, 2.45) is 0 Å². The lowest BCUT2D eigenvalue weighted by Gasteiger charge is -2.17. The molecule has 17 heavy (non-hydrogen) atoms. The molecule has 0 bridgehead atoms. The molecule has 0 radical (unpaired) electrons. The van der Waals surface area contributed by atoms with Crippen LogP contribution in [0, 0.1) is 12.7 Å². The summed E-state index contributed by atoms with van der Waals surface area (Å²) in [4.78, 5) is 11.4. The zero-order valence-electron chi connectivity index (χ0n) is 9.92. The van der Waals surface area contributed by atoms with Crippen LogP contribution in [0.5, 0.6) is 0 Å². The average Bonchev–Trinajstić information content (AvgIpc) is 2.49. The van der Waals surface area contributed by atoms with E-state index in [1.165, 1.54) is 0 Å². The number of carbonyl (C=O) groups is 1. The van der Waals surface area contributed by atoms with E-state index in [1.807, 2.05) is 6.07 Å². The lowest BCUT2D eigenvalue weighted by Crippen LogP contribution is -2.27. The molecular formula is C13H17FN2O. The number of amides is 1. The first-order valence-electron chi connectivity index (χ1n) is 5.95. The molecule has 1 unspecified atom stereocenters. The minimum atomic E-state index is -0.225. The molecule has 1 fully saturated rings. The van der Waals surface area contributed by atoms with Crippen molar-refractivity contribution >= 4 is 11.6 Å². The topological polar surface area (TPSA) is 41.1 Å². The van der Waals surface area contributed by atoms with Gasteiger partial charge in [-0.1, -0.05) is 12.1 Å². The molecule has 1 aliphatic rings. The van der Waals surface area contributed by atoms with Gasteiger partial charge in [-0.25, -0.2) is 4.39 Å². The van der Waals surface area contributed by atoms with Gasteiger partial charge in [0.2, 0.25) is 5.91 Å². The molecule has 0 saturated carbocycles. The first-order valence-corrected chi connectivity index (χ1v) is 5.95. The van der Waals surface area contributed by atoms with Crippen LogP contribution in [0.2, 0.25) is 0 Å². The number of hydrogen-bond acceptors (Lipinski definition) is 2. The summed E-state index contributed by atoms with van der Waals surface area (Å²) in [5, 5.41) is 5.94. The molecule has 92 valence electrons. The van der Waals surface area contributed by atoms with Gasteiger partial charge in [-0.3, -0.25) is 4.79 Å². The number of aryl methyl sites for hydroxylation is 1. The fourth-order valence-electron chi connectivity index (χ4n) is 2.08. The van der Waals surface area contributed by atoms with Gasteiger partial charge < -0.3 is 10.6 Å². The third-order valence-corrected chi connectivity index (χ3v) is 3.03. The van der Waals surface area contributed by atoms with E-state index in [4.69, 9.17) is 0 Å². The largest absolute Gasteiger partial charge is 0.379 e. The highest BCUT2D eigenvalue weighted by Gasteiger charge is 2.18. The molecule has 0 aromatic heterocycles. The summed E-state index contributed by atoms with van der Waals surface area (Å²) in [5.41, 5.74) is 1.11. The highest BCUT2D eigenvalue weighted by molar-refractivity contribution is 5.77. The minimum absolute atomic E-state index is 0.0220. The number of rotatable bonds is 2. The fraction of sp³-hybridized carbons (Fsp3) is 0.462. The van der Waals surface area contributed by atoms with Crippen molar-refractivity contribution in [1.82, 2.24) is 5.32 Å². The van der Waals surface area contributed by atoms with Crippen LogP contribution in [0.4, 0.5) is 10.1 Å². The van der Waals surface area contributed by atoms with Gasteiger partial charge in [-0.05, 0) is 31.4 Å². The third kappa shape index (κ3) is 2.96. The van der Waals surface area contributed by atoms with Gasteiger partial charge in [0.15, 0.2) is 0 Å². The van der Waals surface area contributed by atoms with Gasteiger partial charge >= 0.3 is 0 Å². The second-order valence-electron chi connectivity index (χ2n) is 4.47. The molecule has 2 N–H and O–H groups in total. The van der Waals surface area contributed by atoms with Crippen molar-refractivity contribution in [2.75, 3.05) is 11.9 Å². The fourth-order valence-corrected chi connectivity index (χ4v) is 2.08. The third-order valence-electron chi connectivity index (χ3n) is 3.03. The smallest absolute Gasteiger partial charge is 0.222 e. The lowest BCUT2D eigenvalue weighted by atomic mass is 10.1. The van der Waals surface area contributed by atoms with Gasteiger partial charge in [0, 0.05) is 19.0 Å². The van der Waals surface area contributed by atoms with Crippen LogP contribution in [-0.2, 0) is 4.79 Å². The zero-order valence-corrected chi connectivity index (χ0v) is 9.92. The number of nitrogens with one attached hydrogen (secondary N) is 2. The number of benzene rings is 1. The summed E-state index contributed by atoms with van der Waals surface area (Å²) in [5.74, 6) is -0.190. The number of halogens is 1. The van der Waals surface area contributed by atoms with Crippen molar-refractivity contribution in [2.45, 2.75) is 32.2 Å². The Morgan fingerprint density at radius 3 is 3.12 bits per heavy atom. The first kappa shape index (κ1) is 11.9. The zero-order chi connectivity index (χ0) is 12.3. The number of hydrogen-bond donors (Lipinski definition) is 2. The number of carbonyl (C=O) groups excluding carboxylic acids is 1. The predicted octanol–water partition coefficient (Wildman–Crippen LogP) is 2.21. The van der Waals surface area contributed by atoms with Crippen LogP contribution < -0.4 is 10.6 Å². The van der Waals surface area contributed by atoms with E-state index < -0.39 is 0 Å². The summed E-state index contributed by atoms with van der Waals surface area (Å²) in [7, 11) is 0. The average molecular weight is 236 g/mol. The molecule has 1 atom stereocenters.